The van der Waals surface area contributed by atoms with Gasteiger partial charge in [0, 0.05) is 18.7 Å². The number of aliphatic imine (C=N–C) groups is 1. The third kappa shape index (κ3) is 15.2. The van der Waals surface area contributed by atoms with Crippen molar-refractivity contribution < 1.29 is 33.9 Å². The van der Waals surface area contributed by atoms with E-state index in [1.807, 2.05) is 0 Å². The smallest absolute Gasteiger partial charge is 0.414 e. The van der Waals surface area contributed by atoms with Gasteiger partial charge < -0.3 is 22.3 Å². The van der Waals surface area contributed by atoms with E-state index >= 15 is 0 Å². The van der Waals surface area contributed by atoms with Crippen LogP contribution in [0.3, 0.4) is 0 Å². The predicted octanol–water partition coefficient (Wildman–Crippen LogP) is -0.724. The molecule has 1 aliphatic rings. The first-order valence-electron chi connectivity index (χ1n) is 6.88. The molecule has 0 radical (unpaired) electrons. The maximum absolute atomic E-state index is 10.6. The molecule has 1 saturated heterocycles. The minimum Gasteiger partial charge on any atom is -0.465 e. The van der Waals surface area contributed by atoms with Crippen molar-refractivity contribution in [2.45, 2.75) is 26.7 Å². The minimum absolute atomic E-state index is 0.275. The van der Waals surface area contributed by atoms with Gasteiger partial charge in [-0.15, -0.1) is 0 Å². The summed E-state index contributed by atoms with van der Waals surface area (Å²) in [5.41, 5.74) is 14.4. The minimum atomic E-state index is -1.13. The summed E-state index contributed by atoms with van der Waals surface area (Å²) in [4.78, 5) is 64.7. The van der Waals surface area contributed by atoms with Gasteiger partial charge in [-0.25, -0.2) is 33.9 Å². The number of nitrogens with one attached hydrogen (secondary N) is 2. The number of amides is 10. The van der Waals surface area contributed by atoms with Gasteiger partial charge in [0.1, 0.15) is 0 Å². The first kappa shape index (κ1) is 24.5. The van der Waals surface area contributed by atoms with E-state index in [1.54, 1.807) is 24.5 Å². The van der Waals surface area contributed by atoms with Crippen LogP contribution >= 0.6 is 0 Å². The molecule has 0 aromatic carbocycles. The van der Waals surface area contributed by atoms with Gasteiger partial charge in [0.2, 0.25) is 5.91 Å². The maximum atomic E-state index is 10.6. The monoisotopic (exact) mass is 375 g/mol. The summed E-state index contributed by atoms with van der Waals surface area (Å²) < 4.78 is 0. The summed E-state index contributed by atoms with van der Waals surface area (Å²) in [6, 6.07) is -3.78. The lowest BCUT2D eigenvalue weighted by atomic mass is 10.4. The van der Waals surface area contributed by atoms with Crippen molar-refractivity contribution in [3.63, 3.8) is 0 Å². The van der Waals surface area contributed by atoms with Crippen molar-refractivity contribution in [1.29, 1.82) is 0 Å². The standard InChI is InChI=1S/C5H7NO3.C4H8N2O.C3H6N4O3/c7-4-2-1-3-6(4)5(8)9;1-3(2)6-4(5)7;4-1(8)6-3(10)7-2(5)9/h1-3H2,(H,8,9);1-2H3,(H2,5,7);(H6,4,5,6,7,8,9,10). The maximum Gasteiger partial charge on any atom is 0.414 e. The molecular weight excluding hydrogens is 354 g/mol. The average molecular weight is 375 g/mol. The van der Waals surface area contributed by atoms with Crippen LogP contribution in [0.15, 0.2) is 4.99 Å². The van der Waals surface area contributed by atoms with Gasteiger partial charge in [0.15, 0.2) is 0 Å². The highest BCUT2D eigenvalue weighted by molar-refractivity contribution is 6.00. The largest absolute Gasteiger partial charge is 0.465 e. The predicted molar refractivity (Wildman–Crippen MR) is 88.2 cm³/mol. The average Bonchev–Trinajstić information content (AvgIpc) is 2.82. The fourth-order valence-electron chi connectivity index (χ4n) is 1.33. The molecule has 0 atom stereocenters. The quantitative estimate of drug-likeness (QED) is 0.296. The Morgan fingerprint density at radius 3 is 1.65 bits per heavy atom. The molecule has 1 fully saturated rings. The number of nitrogens with two attached hydrogens (primary N) is 3. The Hall–Kier alpha value is -3.71. The number of hydrogen-bond donors (Lipinski definition) is 6. The van der Waals surface area contributed by atoms with E-state index in [1.165, 1.54) is 0 Å². The topological polar surface area (TPSA) is 240 Å². The molecule has 1 heterocycles. The van der Waals surface area contributed by atoms with Gasteiger partial charge in [-0.3, -0.25) is 15.4 Å². The van der Waals surface area contributed by atoms with Crippen LogP contribution < -0.4 is 27.8 Å². The Kier molecular flexibility index (Phi) is 12.0. The van der Waals surface area contributed by atoms with Gasteiger partial charge >= 0.3 is 30.2 Å². The summed E-state index contributed by atoms with van der Waals surface area (Å²) in [5, 5.41) is 11.4. The number of urea groups is 4. The number of imide groups is 3. The second-order valence-corrected chi connectivity index (χ2v) is 4.64. The first-order valence-corrected chi connectivity index (χ1v) is 6.88. The highest BCUT2D eigenvalue weighted by atomic mass is 16.4. The third-order valence-corrected chi connectivity index (χ3v) is 2.11. The Bertz CT molecular complexity index is 581. The molecule has 0 aliphatic carbocycles. The number of carbonyl (C=O) groups excluding carboxylic acids is 5. The summed E-state index contributed by atoms with van der Waals surface area (Å²) >= 11 is 0. The summed E-state index contributed by atoms with van der Waals surface area (Å²) in [6.45, 7) is 3.80. The molecule has 9 N–H and O–H groups in total. The number of likely N-dealkylation sites (tertiary alicyclic amines) is 1. The molecule has 14 nitrogen and oxygen atoms in total. The number of carbonyl (C=O) groups is 6. The van der Waals surface area contributed by atoms with E-state index in [0.29, 0.717) is 25.1 Å². The van der Waals surface area contributed by atoms with Crippen LogP contribution in [0.4, 0.5) is 24.0 Å². The second-order valence-electron chi connectivity index (χ2n) is 4.64. The van der Waals surface area contributed by atoms with Crippen LogP contribution in [-0.4, -0.2) is 58.4 Å². The normalized spacial score (nSPS) is 11.6. The van der Waals surface area contributed by atoms with E-state index in [2.05, 4.69) is 22.2 Å². The molecule has 1 aliphatic heterocycles. The van der Waals surface area contributed by atoms with Crippen molar-refractivity contribution in [2.75, 3.05) is 6.54 Å². The fourth-order valence-corrected chi connectivity index (χ4v) is 1.33. The lowest BCUT2D eigenvalue weighted by molar-refractivity contribution is -0.125. The Balaban J connectivity index is 0. The molecule has 0 bridgehead atoms. The number of primary amides is 3. The molecule has 146 valence electrons. The fraction of sp³-hybridized carbons (Fsp3) is 0.417. The highest BCUT2D eigenvalue weighted by Crippen LogP contribution is 2.08. The zero-order valence-corrected chi connectivity index (χ0v) is 14.1. The first-order chi connectivity index (χ1) is 11.9. The van der Waals surface area contributed by atoms with Crippen LogP contribution in [0.5, 0.6) is 0 Å². The van der Waals surface area contributed by atoms with Crippen molar-refractivity contribution in [1.82, 2.24) is 15.5 Å². The van der Waals surface area contributed by atoms with E-state index in [4.69, 9.17) is 5.11 Å². The van der Waals surface area contributed by atoms with E-state index in [0.717, 1.165) is 4.90 Å². The van der Waals surface area contributed by atoms with Crippen LogP contribution in [0.2, 0.25) is 0 Å². The van der Waals surface area contributed by atoms with Crippen molar-refractivity contribution in [2.24, 2.45) is 22.2 Å². The van der Waals surface area contributed by atoms with Crippen LogP contribution in [0.1, 0.15) is 26.7 Å². The zero-order chi connectivity index (χ0) is 20.9. The molecule has 0 aromatic rings. The van der Waals surface area contributed by atoms with E-state index in [9.17, 15) is 28.8 Å². The van der Waals surface area contributed by atoms with Gasteiger partial charge in [0.05, 0.1) is 0 Å². The molecular formula is C12H21N7O7. The molecule has 10 amide bonds. The lowest BCUT2D eigenvalue weighted by Crippen LogP contribution is -2.46. The molecule has 14 heteroatoms. The Morgan fingerprint density at radius 1 is 1.04 bits per heavy atom. The van der Waals surface area contributed by atoms with Crippen molar-refractivity contribution in [3.05, 3.63) is 0 Å². The highest BCUT2D eigenvalue weighted by Gasteiger charge is 2.25. The molecule has 0 unspecified atom stereocenters. The van der Waals surface area contributed by atoms with Crippen molar-refractivity contribution in [3.8, 4) is 0 Å². The lowest BCUT2D eigenvalue weighted by Gasteiger charge is -2.05. The third-order valence-electron chi connectivity index (χ3n) is 2.11. The van der Waals surface area contributed by atoms with Gasteiger partial charge in [-0.2, -0.15) is 0 Å². The molecule has 26 heavy (non-hydrogen) atoms. The van der Waals surface area contributed by atoms with Gasteiger partial charge in [-0.05, 0) is 20.3 Å². The second kappa shape index (κ2) is 12.7. The van der Waals surface area contributed by atoms with Gasteiger partial charge in [-0.1, -0.05) is 0 Å². The number of carboxylic acid groups (broad SMARTS) is 1. The summed E-state index contributed by atoms with van der Waals surface area (Å²) in [5.74, 6) is -0.275. The van der Waals surface area contributed by atoms with E-state index < -0.39 is 30.2 Å². The molecule has 0 spiro atoms. The Labute approximate surface area is 147 Å². The number of nitrogens with zero attached hydrogens (tertiary/aromatic N) is 2. The SMILES string of the molecule is CC(C)=NC(N)=O.NC(=O)NC(=O)NC(N)=O.O=C(O)N1CCCC1=O. The number of rotatable bonds is 0. The van der Waals surface area contributed by atoms with Crippen LogP contribution in [0, 0.1) is 0 Å². The molecule has 0 saturated carbocycles. The molecule has 1 rings (SSSR count). The van der Waals surface area contributed by atoms with Crippen LogP contribution in [0.25, 0.3) is 0 Å². The molecule has 0 aromatic heterocycles. The zero-order valence-electron chi connectivity index (χ0n) is 14.1. The van der Waals surface area contributed by atoms with Crippen molar-refractivity contribution >= 4 is 41.8 Å². The van der Waals surface area contributed by atoms with Crippen LogP contribution in [-0.2, 0) is 4.79 Å². The summed E-state index contributed by atoms with van der Waals surface area (Å²) in [7, 11) is 0. The summed E-state index contributed by atoms with van der Waals surface area (Å²) in [6.07, 6.45) is -0.0743. The number of hydrogen-bond acceptors (Lipinski definition) is 6. The van der Waals surface area contributed by atoms with E-state index in [-0.39, 0.29) is 5.91 Å². The van der Waals surface area contributed by atoms with Gasteiger partial charge in [0.25, 0.3) is 0 Å². The Morgan fingerprint density at radius 2 is 1.50 bits per heavy atom.